The third kappa shape index (κ3) is 11.6. The molecule has 10 N–H and O–H groups in total. The molecule has 0 aliphatic carbocycles. The van der Waals surface area contributed by atoms with E-state index in [4.69, 9.17) is 20.3 Å². The number of carbonyl (C=O) groups excluding carboxylic acids is 1. The predicted molar refractivity (Wildman–Crippen MR) is 134 cm³/mol. The largest absolute Gasteiger partial charge is 0.490 e. The van der Waals surface area contributed by atoms with Crippen LogP contribution in [0.1, 0.15) is 42.9 Å². The number of rotatable bonds is 14. The fraction of sp³-hybridized carbons (Fsp3) is 0.579. The first-order valence-corrected chi connectivity index (χ1v) is 16.0. The van der Waals surface area contributed by atoms with Crippen molar-refractivity contribution in [2.24, 2.45) is 5.73 Å². The second kappa shape index (κ2) is 14.9. The van der Waals surface area contributed by atoms with Crippen LogP contribution in [0, 0.1) is 11.8 Å². The standard InChI is InChI=1S/C19H30N3O15P3/c20-7-3-1-2-6-15(23)21-8-4-5-12-9-13(19(26)22-10-12)18-17(25)16(24)14(35-18)11-34-39(30,31)37-40(32,33)36-38(27,28)29/h9-10,14,16-18,24-25H,1-3,6-8,11,20H2,(H,21,23)(H,22,26)(H,30,31)(H,32,33)(H2,27,28,29)/t14-,16-,17-,18+/m1/s1. The Labute approximate surface area is 227 Å². The maximum atomic E-state index is 12.4. The van der Waals surface area contributed by atoms with E-state index in [9.17, 15) is 43.3 Å². The molecule has 1 aliphatic rings. The number of hydrogen-bond donors (Lipinski definition) is 9. The van der Waals surface area contributed by atoms with Crippen LogP contribution in [-0.4, -0.2) is 78.7 Å². The minimum absolute atomic E-state index is 0.0219. The Morgan fingerprint density at radius 2 is 1.77 bits per heavy atom. The highest BCUT2D eigenvalue weighted by atomic mass is 31.3. The van der Waals surface area contributed by atoms with Gasteiger partial charge in [-0.2, -0.15) is 8.62 Å². The smallest absolute Gasteiger partial charge is 0.387 e. The van der Waals surface area contributed by atoms with Crippen LogP contribution >= 0.6 is 23.5 Å². The number of amides is 1. The first-order valence-electron chi connectivity index (χ1n) is 11.5. The molecule has 1 aromatic rings. The van der Waals surface area contributed by atoms with Crippen molar-refractivity contribution in [3.63, 3.8) is 0 Å². The molecule has 1 aliphatic heterocycles. The predicted octanol–water partition coefficient (Wildman–Crippen LogP) is -1.13. The number of unbranched alkanes of at least 4 members (excludes halogenated alkanes) is 2. The molecule has 0 bridgehead atoms. The van der Waals surface area contributed by atoms with E-state index in [0.717, 1.165) is 12.8 Å². The van der Waals surface area contributed by atoms with E-state index in [1.807, 2.05) is 0 Å². The van der Waals surface area contributed by atoms with Gasteiger partial charge in [-0.25, -0.2) is 13.7 Å². The number of carbonyl (C=O) groups is 1. The number of H-pyrrole nitrogens is 1. The summed E-state index contributed by atoms with van der Waals surface area (Å²) in [7, 11) is -16.9. The van der Waals surface area contributed by atoms with Crippen LogP contribution in [0.3, 0.4) is 0 Å². The maximum absolute atomic E-state index is 12.4. The van der Waals surface area contributed by atoms with Gasteiger partial charge < -0.3 is 50.6 Å². The average Bonchev–Trinajstić information content (AvgIpc) is 3.10. The van der Waals surface area contributed by atoms with Crippen molar-refractivity contribution in [3.05, 3.63) is 33.7 Å². The van der Waals surface area contributed by atoms with Crippen LogP contribution in [0.15, 0.2) is 17.1 Å². The molecule has 0 aromatic carbocycles. The number of nitrogens with one attached hydrogen (secondary N) is 2. The van der Waals surface area contributed by atoms with E-state index in [1.165, 1.54) is 12.3 Å². The molecular weight excluding hydrogens is 603 g/mol. The normalized spacial score (nSPS) is 24.0. The molecule has 226 valence electrons. The summed E-state index contributed by atoms with van der Waals surface area (Å²) in [5.74, 6) is 5.22. The van der Waals surface area contributed by atoms with Gasteiger partial charge in [-0.3, -0.25) is 14.1 Å². The third-order valence-corrected chi connectivity index (χ3v) is 8.94. The number of aromatic amines is 1. The summed E-state index contributed by atoms with van der Waals surface area (Å²) in [4.78, 5) is 62.4. The van der Waals surface area contributed by atoms with Crippen LogP contribution in [0.2, 0.25) is 0 Å². The molecule has 18 nitrogen and oxygen atoms in total. The first kappa shape index (κ1) is 34.4. The zero-order valence-electron chi connectivity index (χ0n) is 20.7. The summed E-state index contributed by atoms with van der Waals surface area (Å²) in [5.41, 5.74) is 4.76. The van der Waals surface area contributed by atoms with Gasteiger partial charge >= 0.3 is 23.5 Å². The lowest BCUT2D eigenvalue weighted by molar-refractivity contribution is -0.120. The van der Waals surface area contributed by atoms with E-state index in [-0.39, 0.29) is 23.6 Å². The molecule has 0 spiro atoms. The summed E-state index contributed by atoms with van der Waals surface area (Å²) in [6.45, 7) is -0.464. The molecule has 2 heterocycles. The second-order valence-electron chi connectivity index (χ2n) is 8.31. The summed E-state index contributed by atoms with van der Waals surface area (Å²) >= 11 is 0. The average molecular weight is 633 g/mol. The molecule has 40 heavy (non-hydrogen) atoms. The Hall–Kier alpha value is -1.77. The third-order valence-electron chi connectivity index (χ3n) is 5.13. The fourth-order valence-corrected chi connectivity index (χ4v) is 6.41. The van der Waals surface area contributed by atoms with Crippen molar-refractivity contribution in [3.8, 4) is 11.8 Å². The van der Waals surface area contributed by atoms with Crippen molar-refractivity contribution in [2.75, 3.05) is 19.7 Å². The van der Waals surface area contributed by atoms with E-state index < -0.39 is 60.1 Å². The van der Waals surface area contributed by atoms with E-state index in [0.29, 0.717) is 19.4 Å². The lowest BCUT2D eigenvalue weighted by Gasteiger charge is -2.19. The molecule has 21 heteroatoms. The van der Waals surface area contributed by atoms with Gasteiger partial charge in [0.15, 0.2) is 0 Å². The Morgan fingerprint density at radius 1 is 1.07 bits per heavy atom. The number of aliphatic hydroxyl groups is 2. The SMILES string of the molecule is NCCCCCC(=O)NCC#Cc1c[nH]c(=O)c([C@@H]2O[C@H](COP(=O)(O)OP(=O)(O)OP(=O)(O)O)[C@@H](O)[C@H]2O)c1. The number of nitrogens with two attached hydrogens (primary N) is 1. The highest BCUT2D eigenvalue weighted by Gasteiger charge is 2.47. The molecule has 1 fully saturated rings. The van der Waals surface area contributed by atoms with Gasteiger partial charge in [0.05, 0.1) is 13.2 Å². The minimum Gasteiger partial charge on any atom is -0.387 e. The number of pyridine rings is 1. The number of ether oxygens (including phenoxy) is 1. The lowest BCUT2D eigenvalue weighted by atomic mass is 10.0. The topological polar surface area (TPSA) is 297 Å². The number of aliphatic hydroxyl groups excluding tert-OH is 2. The van der Waals surface area contributed by atoms with E-state index in [2.05, 4.69) is 35.3 Å². The zero-order valence-corrected chi connectivity index (χ0v) is 23.4. The van der Waals surface area contributed by atoms with Gasteiger partial charge in [0, 0.05) is 23.7 Å². The monoisotopic (exact) mass is 633 g/mol. The van der Waals surface area contributed by atoms with Gasteiger partial charge in [0.25, 0.3) is 5.56 Å². The molecule has 0 radical (unpaired) electrons. The van der Waals surface area contributed by atoms with Crippen LogP contribution in [-0.2, 0) is 36.4 Å². The maximum Gasteiger partial charge on any atom is 0.490 e. The van der Waals surface area contributed by atoms with Crippen LogP contribution < -0.4 is 16.6 Å². The molecule has 1 amide bonds. The fourth-order valence-electron chi connectivity index (χ4n) is 3.38. The van der Waals surface area contributed by atoms with E-state index >= 15 is 0 Å². The Kier molecular flexibility index (Phi) is 12.8. The quantitative estimate of drug-likeness (QED) is 0.0665. The van der Waals surface area contributed by atoms with E-state index in [1.54, 1.807) is 0 Å². The number of aromatic nitrogens is 1. The molecule has 1 saturated heterocycles. The second-order valence-corrected chi connectivity index (χ2v) is 12.7. The van der Waals surface area contributed by atoms with Crippen molar-refractivity contribution in [1.82, 2.24) is 10.3 Å². The first-order chi connectivity index (χ1) is 18.5. The zero-order chi connectivity index (χ0) is 30.1. The molecule has 0 saturated carbocycles. The number of hydrogen-bond acceptors (Lipinski definition) is 12. The van der Waals surface area contributed by atoms with Gasteiger partial charge in [0.2, 0.25) is 5.91 Å². The molecule has 6 atom stereocenters. The summed E-state index contributed by atoms with van der Waals surface area (Å²) in [6.07, 6.45) is -2.63. The number of phosphoric ester groups is 1. The Bertz CT molecular complexity index is 1290. The minimum atomic E-state index is -5.76. The van der Waals surface area contributed by atoms with Crippen molar-refractivity contribution in [2.45, 2.75) is 50.1 Å². The molecular formula is C19H30N3O15P3. The highest BCUT2D eigenvalue weighted by Crippen LogP contribution is 2.66. The van der Waals surface area contributed by atoms with Gasteiger partial charge in [-0.1, -0.05) is 18.3 Å². The summed E-state index contributed by atoms with van der Waals surface area (Å²) in [5, 5.41) is 23.3. The summed E-state index contributed by atoms with van der Waals surface area (Å²) < 4.78 is 51.0. The van der Waals surface area contributed by atoms with Crippen LogP contribution in [0.5, 0.6) is 0 Å². The van der Waals surface area contributed by atoms with Crippen molar-refractivity contribution >= 4 is 29.4 Å². The molecule has 2 rings (SSSR count). The number of phosphoric acid groups is 3. The van der Waals surface area contributed by atoms with Crippen LogP contribution in [0.25, 0.3) is 0 Å². The molecule has 1 aromatic heterocycles. The highest BCUT2D eigenvalue weighted by molar-refractivity contribution is 7.66. The van der Waals surface area contributed by atoms with Crippen molar-refractivity contribution in [1.29, 1.82) is 0 Å². The Morgan fingerprint density at radius 3 is 2.42 bits per heavy atom. The summed E-state index contributed by atoms with van der Waals surface area (Å²) in [6, 6.07) is 1.26. The van der Waals surface area contributed by atoms with Gasteiger partial charge in [0.1, 0.15) is 24.4 Å². The van der Waals surface area contributed by atoms with Gasteiger partial charge in [-0.15, -0.1) is 0 Å². The van der Waals surface area contributed by atoms with Crippen molar-refractivity contribution < 1.29 is 66.2 Å². The van der Waals surface area contributed by atoms with Gasteiger partial charge in [-0.05, 0) is 25.5 Å². The Balaban J connectivity index is 2.00. The lowest BCUT2D eigenvalue weighted by Crippen LogP contribution is -2.33. The van der Waals surface area contributed by atoms with Crippen LogP contribution in [0.4, 0.5) is 0 Å². The molecule has 2 unspecified atom stereocenters.